The molecule has 0 radical (unpaired) electrons. The van der Waals surface area contributed by atoms with E-state index >= 15 is 0 Å². The van der Waals surface area contributed by atoms with Gasteiger partial charge in [-0.05, 0) is 60.1 Å². The molecule has 0 saturated heterocycles. The highest BCUT2D eigenvalue weighted by atomic mass is 14.1. The molecule has 0 atom stereocenters. The summed E-state index contributed by atoms with van der Waals surface area (Å²) in [5.41, 5.74) is 9.01. The van der Waals surface area contributed by atoms with Gasteiger partial charge in [0.15, 0.2) is 0 Å². The summed E-state index contributed by atoms with van der Waals surface area (Å²) in [6.45, 7) is 8.64. The van der Waals surface area contributed by atoms with Gasteiger partial charge in [0.2, 0.25) is 0 Å². The highest BCUT2D eigenvalue weighted by Gasteiger charge is 2.06. The quantitative estimate of drug-likeness (QED) is 0.497. The summed E-state index contributed by atoms with van der Waals surface area (Å²) in [6, 6.07) is 26.0. The first-order valence-electron chi connectivity index (χ1n) is 8.53. The van der Waals surface area contributed by atoms with Crippen molar-refractivity contribution in [3.05, 3.63) is 102 Å². The number of benzene rings is 3. The van der Waals surface area contributed by atoms with E-state index in [2.05, 4.69) is 93.2 Å². The van der Waals surface area contributed by atoms with Crippen LogP contribution in [0.1, 0.15) is 28.7 Å². The van der Waals surface area contributed by atoms with Gasteiger partial charge < -0.3 is 0 Å². The Bertz CT molecular complexity index is 841. The standard InChI is InChI=1S/C24H24/c1-18-8-7-11-22(16-18)23-14-15-24(20(3)17-23)19(2)12-13-21-9-5-4-6-10-21/h4-11,14-17H,2,12-13H2,1,3H3. The van der Waals surface area contributed by atoms with Crippen molar-refractivity contribution in [1.82, 2.24) is 0 Å². The zero-order valence-electron chi connectivity index (χ0n) is 14.5. The monoisotopic (exact) mass is 312 g/mol. The Balaban J connectivity index is 1.76. The zero-order valence-corrected chi connectivity index (χ0v) is 14.5. The van der Waals surface area contributed by atoms with Crippen molar-refractivity contribution in [2.45, 2.75) is 26.7 Å². The van der Waals surface area contributed by atoms with Gasteiger partial charge in [0.05, 0.1) is 0 Å². The second-order valence-electron chi connectivity index (χ2n) is 6.49. The van der Waals surface area contributed by atoms with Crippen LogP contribution in [0.3, 0.4) is 0 Å². The van der Waals surface area contributed by atoms with Gasteiger partial charge in [-0.15, -0.1) is 0 Å². The summed E-state index contributed by atoms with van der Waals surface area (Å²) < 4.78 is 0. The number of aryl methyl sites for hydroxylation is 3. The molecule has 0 spiro atoms. The molecule has 0 N–H and O–H groups in total. The molecule has 0 aliphatic rings. The van der Waals surface area contributed by atoms with Gasteiger partial charge in [-0.25, -0.2) is 0 Å². The third-order valence-corrected chi connectivity index (χ3v) is 4.52. The molecule has 0 nitrogen and oxygen atoms in total. The molecule has 24 heavy (non-hydrogen) atoms. The molecule has 3 aromatic carbocycles. The van der Waals surface area contributed by atoms with Crippen LogP contribution in [0.5, 0.6) is 0 Å². The Morgan fingerprint density at radius 2 is 1.54 bits per heavy atom. The van der Waals surface area contributed by atoms with E-state index in [9.17, 15) is 0 Å². The van der Waals surface area contributed by atoms with Crippen LogP contribution in [0.25, 0.3) is 16.7 Å². The van der Waals surface area contributed by atoms with E-state index in [-0.39, 0.29) is 0 Å². The van der Waals surface area contributed by atoms with Crippen molar-refractivity contribution in [3.8, 4) is 11.1 Å². The first-order chi connectivity index (χ1) is 11.6. The summed E-state index contributed by atoms with van der Waals surface area (Å²) in [5, 5.41) is 0. The summed E-state index contributed by atoms with van der Waals surface area (Å²) in [5.74, 6) is 0. The van der Waals surface area contributed by atoms with Gasteiger partial charge in [0.1, 0.15) is 0 Å². The van der Waals surface area contributed by atoms with Crippen LogP contribution >= 0.6 is 0 Å². The Labute approximate surface area is 145 Å². The van der Waals surface area contributed by atoms with E-state index in [0.717, 1.165) is 12.8 Å². The fourth-order valence-corrected chi connectivity index (χ4v) is 3.14. The molecule has 0 fully saturated rings. The predicted octanol–water partition coefficient (Wildman–Crippen LogP) is 6.62. The third kappa shape index (κ3) is 3.83. The molecule has 3 rings (SSSR count). The van der Waals surface area contributed by atoms with Crippen LogP contribution < -0.4 is 0 Å². The fraction of sp³-hybridized carbons (Fsp3) is 0.167. The van der Waals surface area contributed by atoms with Crippen molar-refractivity contribution in [1.29, 1.82) is 0 Å². The summed E-state index contributed by atoms with van der Waals surface area (Å²) in [7, 11) is 0. The molecular formula is C24H24. The van der Waals surface area contributed by atoms with E-state index in [0.29, 0.717) is 0 Å². The first kappa shape index (κ1) is 16.3. The number of allylic oxidation sites excluding steroid dienone is 1. The van der Waals surface area contributed by atoms with Gasteiger partial charge in [-0.3, -0.25) is 0 Å². The minimum Gasteiger partial charge on any atom is -0.0952 e. The number of hydrogen-bond acceptors (Lipinski definition) is 0. The normalized spacial score (nSPS) is 10.6. The Morgan fingerprint density at radius 3 is 2.25 bits per heavy atom. The van der Waals surface area contributed by atoms with Crippen molar-refractivity contribution in [2.75, 3.05) is 0 Å². The van der Waals surface area contributed by atoms with E-state index in [4.69, 9.17) is 0 Å². The maximum atomic E-state index is 4.32. The number of rotatable bonds is 5. The van der Waals surface area contributed by atoms with E-state index in [1.807, 2.05) is 0 Å². The molecule has 0 amide bonds. The lowest BCUT2D eigenvalue weighted by atomic mass is 9.93. The highest BCUT2D eigenvalue weighted by molar-refractivity contribution is 5.72. The summed E-state index contributed by atoms with van der Waals surface area (Å²) in [4.78, 5) is 0. The largest absolute Gasteiger partial charge is 0.0952 e. The van der Waals surface area contributed by atoms with Crippen molar-refractivity contribution in [2.24, 2.45) is 0 Å². The fourth-order valence-electron chi connectivity index (χ4n) is 3.14. The van der Waals surface area contributed by atoms with Crippen molar-refractivity contribution < 1.29 is 0 Å². The molecule has 0 bridgehead atoms. The molecule has 0 unspecified atom stereocenters. The van der Waals surface area contributed by atoms with Crippen LogP contribution in [-0.2, 0) is 6.42 Å². The van der Waals surface area contributed by atoms with Gasteiger partial charge in [-0.1, -0.05) is 84.9 Å². The summed E-state index contributed by atoms with van der Waals surface area (Å²) in [6.07, 6.45) is 2.04. The third-order valence-electron chi connectivity index (χ3n) is 4.52. The average molecular weight is 312 g/mol. The molecule has 0 aliphatic heterocycles. The molecule has 0 heteroatoms. The van der Waals surface area contributed by atoms with Gasteiger partial charge >= 0.3 is 0 Å². The van der Waals surface area contributed by atoms with Crippen LogP contribution in [0.15, 0.2) is 79.4 Å². The van der Waals surface area contributed by atoms with Crippen LogP contribution in [0.4, 0.5) is 0 Å². The maximum absolute atomic E-state index is 4.32. The summed E-state index contributed by atoms with van der Waals surface area (Å²) >= 11 is 0. The van der Waals surface area contributed by atoms with Crippen molar-refractivity contribution in [3.63, 3.8) is 0 Å². The molecule has 120 valence electrons. The average Bonchev–Trinajstić information content (AvgIpc) is 2.60. The van der Waals surface area contributed by atoms with Gasteiger partial charge in [0, 0.05) is 0 Å². The minimum absolute atomic E-state index is 0.995. The maximum Gasteiger partial charge on any atom is -0.0181 e. The first-order valence-corrected chi connectivity index (χ1v) is 8.53. The SMILES string of the molecule is C=C(CCc1ccccc1)c1ccc(-c2cccc(C)c2)cc1C. The van der Waals surface area contributed by atoms with E-state index in [1.54, 1.807) is 0 Å². The Kier molecular flexibility index (Phi) is 4.96. The Morgan fingerprint density at radius 1 is 0.792 bits per heavy atom. The molecule has 0 saturated carbocycles. The molecule has 0 aromatic heterocycles. The lowest BCUT2D eigenvalue weighted by molar-refractivity contribution is 1.02. The van der Waals surface area contributed by atoms with E-state index < -0.39 is 0 Å². The van der Waals surface area contributed by atoms with Crippen LogP contribution in [0.2, 0.25) is 0 Å². The lowest BCUT2D eigenvalue weighted by Gasteiger charge is -2.12. The lowest BCUT2D eigenvalue weighted by Crippen LogP contribution is -1.92. The number of hydrogen-bond donors (Lipinski definition) is 0. The molecular weight excluding hydrogens is 288 g/mol. The van der Waals surface area contributed by atoms with E-state index in [1.165, 1.54) is 39.0 Å². The van der Waals surface area contributed by atoms with Crippen molar-refractivity contribution >= 4 is 5.57 Å². The highest BCUT2D eigenvalue weighted by Crippen LogP contribution is 2.27. The predicted molar refractivity (Wildman–Crippen MR) is 105 cm³/mol. The second kappa shape index (κ2) is 7.31. The molecule has 0 heterocycles. The minimum atomic E-state index is 0.995. The second-order valence-corrected chi connectivity index (χ2v) is 6.49. The molecule has 3 aromatic rings. The van der Waals surface area contributed by atoms with Gasteiger partial charge in [0.25, 0.3) is 0 Å². The van der Waals surface area contributed by atoms with Gasteiger partial charge in [-0.2, -0.15) is 0 Å². The smallest absolute Gasteiger partial charge is 0.0181 e. The van der Waals surface area contributed by atoms with Crippen LogP contribution in [0, 0.1) is 13.8 Å². The zero-order chi connectivity index (χ0) is 16.9. The molecule has 0 aliphatic carbocycles. The van der Waals surface area contributed by atoms with Crippen LogP contribution in [-0.4, -0.2) is 0 Å². The Hall–Kier alpha value is -2.60. The topological polar surface area (TPSA) is 0 Å².